The molecule has 94 valence electrons. The van der Waals surface area contributed by atoms with Crippen LogP contribution in [0.1, 0.15) is 16.7 Å². The van der Waals surface area contributed by atoms with Gasteiger partial charge in [-0.3, -0.25) is 0 Å². The van der Waals surface area contributed by atoms with Gasteiger partial charge in [-0.15, -0.1) is 0 Å². The SMILES string of the molecule is [B]c1cc(C(=C)c2ccc(OC)c(C)c2)ccc1Cl. The molecular formula is C16H14BClO. The average Bonchev–Trinajstić information content (AvgIpc) is 2.41. The number of hydrogen-bond acceptors (Lipinski definition) is 1. The second kappa shape index (κ2) is 5.54. The molecule has 0 aromatic heterocycles. The van der Waals surface area contributed by atoms with E-state index in [0.717, 1.165) is 28.0 Å². The summed E-state index contributed by atoms with van der Waals surface area (Å²) in [5, 5.41) is 0.558. The maximum atomic E-state index is 5.92. The number of rotatable bonds is 3. The topological polar surface area (TPSA) is 9.23 Å². The van der Waals surface area contributed by atoms with Crippen molar-refractivity contribution in [2.24, 2.45) is 0 Å². The number of methoxy groups -OCH3 is 1. The van der Waals surface area contributed by atoms with Gasteiger partial charge in [-0.1, -0.05) is 41.8 Å². The second-order valence-corrected chi connectivity index (χ2v) is 4.81. The van der Waals surface area contributed by atoms with Crippen molar-refractivity contribution in [1.29, 1.82) is 0 Å². The molecule has 19 heavy (non-hydrogen) atoms. The molecule has 0 aliphatic carbocycles. The highest BCUT2D eigenvalue weighted by Gasteiger charge is 2.06. The minimum Gasteiger partial charge on any atom is -0.496 e. The molecule has 2 aromatic rings. The summed E-state index contributed by atoms with van der Waals surface area (Å²) in [6.45, 7) is 6.13. The Morgan fingerprint density at radius 3 is 2.37 bits per heavy atom. The molecule has 0 unspecified atom stereocenters. The molecule has 0 atom stereocenters. The van der Waals surface area contributed by atoms with Crippen LogP contribution in [0.3, 0.4) is 0 Å². The Morgan fingerprint density at radius 2 is 1.79 bits per heavy atom. The lowest BCUT2D eigenvalue weighted by molar-refractivity contribution is 0.411. The van der Waals surface area contributed by atoms with Gasteiger partial charge in [0.15, 0.2) is 0 Å². The Morgan fingerprint density at radius 1 is 1.16 bits per heavy atom. The summed E-state index contributed by atoms with van der Waals surface area (Å²) in [4.78, 5) is 0. The van der Waals surface area contributed by atoms with Gasteiger partial charge in [0.25, 0.3) is 0 Å². The zero-order valence-electron chi connectivity index (χ0n) is 11.0. The van der Waals surface area contributed by atoms with E-state index in [1.807, 2.05) is 37.3 Å². The van der Waals surface area contributed by atoms with Crippen LogP contribution >= 0.6 is 11.6 Å². The normalized spacial score (nSPS) is 10.3. The molecule has 2 radical (unpaired) electrons. The van der Waals surface area contributed by atoms with Crippen molar-refractivity contribution in [3.63, 3.8) is 0 Å². The summed E-state index contributed by atoms with van der Waals surface area (Å²) in [5.41, 5.74) is 4.55. The minimum atomic E-state index is 0.558. The number of benzene rings is 2. The summed E-state index contributed by atoms with van der Waals surface area (Å²) in [6.07, 6.45) is 0. The van der Waals surface area contributed by atoms with E-state index in [9.17, 15) is 0 Å². The maximum absolute atomic E-state index is 5.92. The number of halogens is 1. The molecule has 1 nitrogen and oxygen atoms in total. The van der Waals surface area contributed by atoms with Crippen molar-refractivity contribution in [1.82, 2.24) is 0 Å². The smallest absolute Gasteiger partial charge is 0.121 e. The molecule has 0 N–H and O–H groups in total. The van der Waals surface area contributed by atoms with Crippen LogP contribution in [-0.4, -0.2) is 15.0 Å². The van der Waals surface area contributed by atoms with E-state index in [1.165, 1.54) is 0 Å². The first-order valence-electron chi connectivity index (χ1n) is 5.92. The van der Waals surface area contributed by atoms with Crippen molar-refractivity contribution in [2.45, 2.75) is 6.92 Å². The molecule has 0 aliphatic heterocycles. The van der Waals surface area contributed by atoms with Crippen LogP contribution in [0.4, 0.5) is 0 Å². The highest BCUT2D eigenvalue weighted by Crippen LogP contribution is 2.26. The van der Waals surface area contributed by atoms with Crippen molar-refractivity contribution in [3.05, 3.63) is 64.7 Å². The molecule has 0 heterocycles. The Balaban J connectivity index is 2.38. The molecule has 0 spiro atoms. The molecule has 0 bridgehead atoms. The van der Waals surface area contributed by atoms with Gasteiger partial charge in [0, 0.05) is 5.02 Å². The fourth-order valence-electron chi connectivity index (χ4n) is 1.96. The van der Waals surface area contributed by atoms with Gasteiger partial charge in [-0.25, -0.2) is 0 Å². The molecule has 0 aliphatic rings. The first-order valence-corrected chi connectivity index (χ1v) is 6.30. The number of hydrogen-bond donors (Lipinski definition) is 0. The van der Waals surface area contributed by atoms with Crippen LogP contribution < -0.4 is 10.2 Å². The first-order chi connectivity index (χ1) is 9.02. The van der Waals surface area contributed by atoms with Gasteiger partial charge < -0.3 is 4.74 Å². The third-order valence-electron chi connectivity index (χ3n) is 3.09. The van der Waals surface area contributed by atoms with Crippen molar-refractivity contribution < 1.29 is 4.74 Å². The van der Waals surface area contributed by atoms with Crippen LogP contribution in [0.5, 0.6) is 5.75 Å². The van der Waals surface area contributed by atoms with E-state index < -0.39 is 0 Å². The minimum absolute atomic E-state index is 0.558. The quantitative estimate of drug-likeness (QED) is 0.774. The lowest BCUT2D eigenvalue weighted by atomic mass is 9.90. The van der Waals surface area contributed by atoms with Gasteiger partial charge in [0.2, 0.25) is 0 Å². The second-order valence-electron chi connectivity index (χ2n) is 4.40. The monoisotopic (exact) mass is 268 g/mol. The Bertz CT molecular complexity index is 635. The predicted octanol–water partition coefficient (Wildman–Crippen LogP) is 3.51. The van der Waals surface area contributed by atoms with Gasteiger partial charge >= 0.3 is 0 Å². The lowest BCUT2D eigenvalue weighted by Crippen LogP contribution is -2.05. The molecule has 0 saturated carbocycles. The molecule has 0 saturated heterocycles. The zero-order chi connectivity index (χ0) is 14.0. The van der Waals surface area contributed by atoms with Gasteiger partial charge in [0.1, 0.15) is 13.6 Å². The standard InChI is InChI=1S/C16H14BClO/c1-10-8-12(5-7-16(10)19-3)11(2)13-4-6-15(18)14(17)9-13/h4-9H,2H2,1,3H3. The highest BCUT2D eigenvalue weighted by atomic mass is 35.5. The molecule has 3 heteroatoms. The van der Waals surface area contributed by atoms with Crippen molar-refractivity contribution in [3.8, 4) is 5.75 Å². The lowest BCUT2D eigenvalue weighted by Gasteiger charge is -2.11. The van der Waals surface area contributed by atoms with Crippen molar-refractivity contribution >= 4 is 30.5 Å². The Hall–Kier alpha value is -1.67. The third-order valence-corrected chi connectivity index (χ3v) is 3.43. The molecular weight excluding hydrogens is 254 g/mol. The maximum Gasteiger partial charge on any atom is 0.121 e. The zero-order valence-corrected chi connectivity index (χ0v) is 11.8. The summed E-state index contributed by atoms with van der Waals surface area (Å²) in [6, 6.07) is 11.5. The van der Waals surface area contributed by atoms with Gasteiger partial charge in [-0.05, 0) is 47.4 Å². The fourth-order valence-corrected chi connectivity index (χ4v) is 2.08. The van der Waals surface area contributed by atoms with Gasteiger partial charge in [-0.2, -0.15) is 0 Å². The number of aryl methyl sites for hydroxylation is 1. The molecule has 0 amide bonds. The summed E-state index contributed by atoms with van der Waals surface area (Å²) in [5.74, 6) is 0.868. The summed E-state index contributed by atoms with van der Waals surface area (Å²) >= 11 is 5.92. The molecule has 0 fully saturated rings. The third kappa shape index (κ3) is 2.85. The van der Waals surface area contributed by atoms with Gasteiger partial charge in [0.05, 0.1) is 7.11 Å². The summed E-state index contributed by atoms with van der Waals surface area (Å²) in [7, 11) is 7.48. The van der Waals surface area contributed by atoms with E-state index in [2.05, 4.69) is 6.58 Å². The Labute approximate surface area is 120 Å². The van der Waals surface area contributed by atoms with Crippen LogP contribution in [0.2, 0.25) is 5.02 Å². The average molecular weight is 269 g/mol. The molecule has 2 rings (SSSR count). The van der Waals surface area contributed by atoms with E-state index in [0.29, 0.717) is 10.5 Å². The van der Waals surface area contributed by atoms with E-state index in [-0.39, 0.29) is 0 Å². The highest BCUT2D eigenvalue weighted by molar-refractivity contribution is 6.45. The van der Waals surface area contributed by atoms with E-state index >= 15 is 0 Å². The number of ether oxygens (including phenoxy) is 1. The van der Waals surface area contributed by atoms with E-state index in [1.54, 1.807) is 13.2 Å². The molecule has 2 aromatic carbocycles. The van der Waals surface area contributed by atoms with Crippen LogP contribution in [0, 0.1) is 6.92 Å². The van der Waals surface area contributed by atoms with Crippen molar-refractivity contribution in [2.75, 3.05) is 7.11 Å². The predicted molar refractivity (Wildman–Crippen MR) is 82.7 cm³/mol. The van der Waals surface area contributed by atoms with E-state index in [4.69, 9.17) is 24.2 Å². The fraction of sp³-hybridized carbons (Fsp3) is 0.125. The summed E-state index contributed by atoms with van der Waals surface area (Å²) < 4.78 is 5.25. The van der Waals surface area contributed by atoms with Crippen LogP contribution in [0.15, 0.2) is 43.0 Å². The largest absolute Gasteiger partial charge is 0.496 e. The first kappa shape index (κ1) is 13.8. The van der Waals surface area contributed by atoms with Crippen LogP contribution in [-0.2, 0) is 0 Å². The Kier molecular flexibility index (Phi) is 4.01. The van der Waals surface area contributed by atoms with Crippen LogP contribution in [0.25, 0.3) is 5.57 Å².